The van der Waals surface area contributed by atoms with Gasteiger partial charge in [-0.2, -0.15) is 0 Å². The molecule has 0 aromatic heterocycles. The van der Waals surface area contributed by atoms with E-state index in [4.69, 9.17) is 0 Å². The van der Waals surface area contributed by atoms with Crippen LogP contribution in [-0.4, -0.2) is 60.7 Å². The molecule has 2 heterocycles. The molecule has 0 radical (unpaired) electrons. The Morgan fingerprint density at radius 3 is 2.53 bits per heavy atom. The number of guanidine groups is 1. The van der Waals surface area contributed by atoms with Crippen LogP contribution in [-0.2, 0) is 24.3 Å². The van der Waals surface area contributed by atoms with E-state index in [-0.39, 0.29) is 29.9 Å². The average molecular weight is 578 g/mol. The lowest BCUT2D eigenvalue weighted by molar-refractivity contribution is -0.117. The number of nitrogens with one attached hydrogen (secondary N) is 2. The Balaban J connectivity index is 0.00000324. The summed E-state index contributed by atoms with van der Waals surface area (Å²) < 4.78 is 0. The number of benzene rings is 2. The number of aliphatic imine (C=N–C) groups is 1. The summed E-state index contributed by atoms with van der Waals surface area (Å²) in [4.78, 5) is 20.7. The fourth-order valence-corrected chi connectivity index (χ4v) is 4.50. The van der Waals surface area contributed by atoms with Crippen LogP contribution in [0.2, 0.25) is 0 Å². The molecule has 0 spiro atoms. The fourth-order valence-electron chi connectivity index (χ4n) is 4.50. The van der Waals surface area contributed by atoms with E-state index in [1.807, 2.05) is 36.1 Å². The number of rotatable bonds is 8. The Kier molecular flexibility index (Phi) is 10.2. The van der Waals surface area contributed by atoms with Crippen LogP contribution < -0.4 is 15.5 Å². The van der Waals surface area contributed by atoms with Crippen molar-refractivity contribution >= 4 is 41.5 Å². The predicted molar refractivity (Wildman–Crippen MR) is 148 cm³/mol. The summed E-state index contributed by atoms with van der Waals surface area (Å²) in [6, 6.07) is 16.6. The second-order valence-electron chi connectivity index (χ2n) is 8.80. The van der Waals surface area contributed by atoms with Gasteiger partial charge >= 0.3 is 0 Å². The van der Waals surface area contributed by atoms with E-state index >= 15 is 0 Å². The van der Waals surface area contributed by atoms with Crippen molar-refractivity contribution in [2.24, 2.45) is 4.99 Å². The number of anilines is 1. The van der Waals surface area contributed by atoms with Crippen LogP contribution in [0.15, 0.2) is 53.5 Å². The fraction of sp³-hybridized carbons (Fsp3) is 0.462. The highest BCUT2D eigenvalue weighted by molar-refractivity contribution is 14.0. The summed E-state index contributed by atoms with van der Waals surface area (Å²) in [5.41, 5.74) is 4.82. The first-order chi connectivity index (χ1) is 16.1. The zero-order valence-corrected chi connectivity index (χ0v) is 22.2. The van der Waals surface area contributed by atoms with Crippen LogP contribution in [0, 0.1) is 0 Å². The maximum absolute atomic E-state index is 11.9. The molecule has 2 aromatic carbocycles. The van der Waals surface area contributed by atoms with E-state index < -0.39 is 6.10 Å². The van der Waals surface area contributed by atoms with Gasteiger partial charge in [0.25, 0.3) is 0 Å². The number of hydrogen-bond donors (Lipinski definition) is 3. The molecule has 1 amide bonds. The van der Waals surface area contributed by atoms with Gasteiger partial charge in [-0.25, -0.2) is 4.99 Å². The molecule has 1 atom stereocenters. The number of hydrogen-bond acceptors (Lipinski definition) is 4. The predicted octanol–water partition coefficient (Wildman–Crippen LogP) is 2.91. The standard InChI is InChI=1S/C26H35N5O2.HI/c1-2-27-26(28-16-20-9-11-23(12-10-20)31-14-5-8-25(31)33)29-17-24(32)19-30-15-13-21-6-3-4-7-22(21)18-30;/h3-4,6-7,9-12,24,32H,2,5,8,13-19H2,1H3,(H2,27,28,29);1H. The van der Waals surface area contributed by atoms with Gasteiger partial charge in [0.2, 0.25) is 5.91 Å². The quantitative estimate of drug-likeness (QED) is 0.256. The van der Waals surface area contributed by atoms with E-state index in [2.05, 4.69) is 44.8 Å². The molecule has 3 N–H and O–H groups in total. The lowest BCUT2D eigenvalue weighted by atomic mass is 10.00. The molecular formula is C26H36IN5O2. The van der Waals surface area contributed by atoms with Crippen molar-refractivity contribution in [3.05, 3.63) is 65.2 Å². The Morgan fingerprint density at radius 1 is 1.06 bits per heavy atom. The number of carbonyl (C=O) groups is 1. The van der Waals surface area contributed by atoms with Crippen molar-refractivity contribution in [1.82, 2.24) is 15.5 Å². The number of aliphatic hydroxyl groups excluding tert-OH is 1. The second kappa shape index (κ2) is 13.1. The Morgan fingerprint density at radius 2 is 1.82 bits per heavy atom. The van der Waals surface area contributed by atoms with Crippen molar-refractivity contribution < 1.29 is 9.90 Å². The van der Waals surface area contributed by atoms with Gasteiger partial charge in [0, 0.05) is 51.4 Å². The van der Waals surface area contributed by atoms with Crippen LogP contribution in [0.25, 0.3) is 0 Å². The minimum atomic E-state index is -0.476. The zero-order valence-electron chi connectivity index (χ0n) is 19.9. The van der Waals surface area contributed by atoms with Crippen LogP contribution in [0.3, 0.4) is 0 Å². The minimum absolute atomic E-state index is 0. The summed E-state index contributed by atoms with van der Waals surface area (Å²) in [6.45, 7) is 7.06. The molecule has 1 unspecified atom stereocenters. The minimum Gasteiger partial charge on any atom is -0.390 e. The van der Waals surface area contributed by atoms with E-state index in [1.54, 1.807) is 0 Å². The Labute approximate surface area is 219 Å². The molecule has 2 aliphatic heterocycles. The molecule has 0 bridgehead atoms. The van der Waals surface area contributed by atoms with Crippen molar-refractivity contribution in [2.75, 3.05) is 37.6 Å². The number of fused-ring (bicyclic) bond motifs is 1. The molecular weight excluding hydrogens is 541 g/mol. The first kappa shape index (κ1) is 26.4. The van der Waals surface area contributed by atoms with Gasteiger partial charge in [0.1, 0.15) is 0 Å². The summed E-state index contributed by atoms with van der Waals surface area (Å²) in [5, 5.41) is 17.1. The number of carbonyl (C=O) groups excluding carboxylic acids is 1. The lowest BCUT2D eigenvalue weighted by Gasteiger charge is -2.30. The van der Waals surface area contributed by atoms with Gasteiger partial charge < -0.3 is 20.6 Å². The van der Waals surface area contributed by atoms with E-state index in [0.717, 1.165) is 50.3 Å². The Hall–Kier alpha value is -2.17. The number of β-amino-alcohol motifs (C(OH)–C–C–N with tert-alkyl or cyclic N) is 1. The molecule has 4 rings (SSSR count). The maximum atomic E-state index is 11.9. The third-order valence-corrected chi connectivity index (χ3v) is 6.27. The summed E-state index contributed by atoms with van der Waals surface area (Å²) in [5.74, 6) is 0.894. The van der Waals surface area contributed by atoms with E-state index in [0.29, 0.717) is 32.0 Å². The zero-order chi connectivity index (χ0) is 23.0. The van der Waals surface area contributed by atoms with Gasteiger partial charge in [-0.1, -0.05) is 36.4 Å². The van der Waals surface area contributed by atoms with E-state index in [1.165, 1.54) is 11.1 Å². The van der Waals surface area contributed by atoms with Gasteiger partial charge in [0.05, 0.1) is 12.6 Å². The number of amides is 1. The normalized spacial score (nSPS) is 17.2. The van der Waals surface area contributed by atoms with Crippen molar-refractivity contribution in [3.8, 4) is 0 Å². The largest absolute Gasteiger partial charge is 0.390 e. The summed E-state index contributed by atoms with van der Waals surface area (Å²) in [7, 11) is 0. The maximum Gasteiger partial charge on any atom is 0.227 e. The topological polar surface area (TPSA) is 80.2 Å². The van der Waals surface area contributed by atoms with E-state index in [9.17, 15) is 9.90 Å². The highest BCUT2D eigenvalue weighted by Crippen LogP contribution is 2.22. The molecule has 0 saturated carbocycles. The smallest absolute Gasteiger partial charge is 0.227 e. The molecule has 7 nitrogen and oxygen atoms in total. The third-order valence-electron chi connectivity index (χ3n) is 6.27. The molecule has 2 aliphatic rings. The Bertz CT molecular complexity index is 966. The third kappa shape index (κ3) is 7.16. The number of halogens is 1. The molecule has 34 heavy (non-hydrogen) atoms. The molecule has 1 saturated heterocycles. The highest BCUT2D eigenvalue weighted by Gasteiger charge is 2.21. The van der Waals surface area contributed by atoms with Crippen LogP contribution in [0.1, 0.15) is 36.5 Å². The van der Waals surface area contributed by atoms with Crippen LogP contribution >= 0.6 is 24.0 Å². The molecule has 184 valence electrons. The number of aliphatic hydroxyl groups is 1. The van der Waals surface area contributed by atoms with Crippen molar-refractivity contribution in [1.29, 1.82) is 0 Å². The number of nitrogens with zero attached hydrogens (tertiary/aromatic N) is 3. The first-order valence-corrected chi connectivity index (χ1v) is 12.0. The van der Waals surface area contributed by atoms with Gasteiger partial charge in [0.15, 0.2) is 5.96 Å². The first-order valence-electron chi connectivity index (χ1n) is 12.0. The lowest BCUT2D eigenvalue weighted by Crippen LogP contribution is -2.45. The van der Waals surface area contributed by atoms with Crippen molar-refractivity contribution in [2.45, 2.75) is 45.4 Å². The molecule has 2 aromatic rings. The van der Waals surface area contributed by atoms with Gasteiger partial charge in [-0.3, -0.25) is 9.69 Å². The highest BCUT2D eigenvalue weighted by atomic mass is 127. The summed E-state index contributed by atoms with van der Waals surface area (Å²) >= 11 is 0. The summed E-state index contributed by atoms with van der Waals surface area (Å²) in [6.07, 6.45) is 2.13. The van der Waals surface area contributed by atoms with Gasteiger partial charge in [-0.15, -0.1) is 24.0 Å². The molecule has 1 fully saturated rings. The molecule has 8 heteroatoms. The second-order valence-corrected chi connectivity index (χ2v) is 8.80. The molecule has 0 aliphatic carbocycles. The van der Waals surface area contributed by atoms with Gasteiger partial charge in [-0.05, 0) is 48.6 Å². The van der Waals surface area contributed by atoms with Crippen LogP contribution in [0.5, 0.6) is 0 Å². The monoisotopic (exact) mass is 577 g/mol. The SMILES string of the molecule is CCNC(=NCc1ccc(N2CCCC2=O)cc1)NCC(O)CN1CCc2ccccc2C1.I. The van der Waals surface area contributed by atoms with Crippen molar-refractivity contribution in [3.63, 3.8) is 0 Å². The average Bonchev–Trinajstić information content (AvgIpc) is 3.27. The van der Waals surface area contributed by atoms with Crippen LogP contribution in [0.4, 0.5) is 5.69 Å².